The fraction of sp³-hybridized carbons (Fsp3) is 0.389. The van der Waals surface area contributed by atoms with E-state index in [-0.39, 0.29) is 11.8 Å². The van der Waals surface area contributed by atoms with Crippen molar-refractivity contribution in [2.75, 3.05) is 18.6 Å². The predicted molar refractivity (Wildman–Crippen MR) is 97.2 cm³/mol. The third-order valence-corrected chi connectivity index (χ3v) is 5.24. The number of benzene rings is 1. The average molecular weight is 359 g/mol. The van der Waals surface area contributed by atoms with Crippen molar-refractivity contribution in [2.24, 2.45) is 0 Å². The smallest absolute Gasteiger partial charge is 0.263 e. The first-order chi connectivity index (χ1) is 12.1. The molecule has 0 radical (unpaired) electrons. The van der Waals surface area contributed by atoms with Gasteiger partial charge in [-0.2, -0.15) is 0 Å². The van der Waals surface area contributed by atoms with E-state index in [9.17, 15) is 9.59 Å². The highest BCUT2D eigenvalue weighted by atomic mass is 32.1. The van der Waals surface area contributed by atoms with Crippen molar-refractivity contribution in [3.8, 4) is 5.75 Å². The molecule has 0 atom stereocenters. The van der Waals surface area contributed by atoms with Crippen molar-refractivity contribution < 1.29 is 14.3 Å². The molecule has 1 fully saturated rings. The van der Waals surface area contributed by atoms with E-state index in [1.165, 1.54) is 11.3 Å². The monoisotopic (exact) mass is 359 g/mol. The zero-order valence-electron chi connectivity index (χ0n) is 14.4. The second-order valence-electron chi connectivity index (χ2n) is 5.81. The van der Waals surface area contributed by atoms with Crippen LogP contribution in [0.5, 0.6) is 5.75 Å². The van der Waals surface area contributed by atoms with Gasteiger partial charge in [-0.05, 0) is 30.5 Å². The van der Waals surface area contributed by atoms with Crippen LogP contribution >= 0.6 is 11.3 Å². The Kier molecular flexibility index (Phi) is 5.33. The molecule has 1 aromatic heterocycles. The molecule has 7 heteroatoms. The van der Waals surface area contributed by atoms with E-state index in [0.717, 1.165) is 23.4 Å². The van der Waals surface area contributed by atoms with Crippen molar-refractivity contribution in [1.29, 1.82) is 0 Å². The number of nitrogens with zero attached hydrogens (tertiary/aromatic N) is 2. The molecule has 1 aliphatic rings. The summed E-state index contributed by atoms with van der Waals surface area (Å²) in [6.45, 7) is 3.05. The molecule has 0 unspecified atom stereocenters. The molecule has 2 heterocycles. The maximum atomic E-state index is 12.6. The number of methoxy groups -OCH3 is 1. The lowest BCUT2D eigenvalue weighted by Gasteiger charge is -2.10. The highest BCUT2D eigenvalue weighted by Gasteiger charge is 2.27. The molecule has 3 rings (SSSR count). The second kappa shape index (κ2) is 7.65. The summed E-state index contributed by atoms with van der Waals surface area (Å²) in [7, 11) is 1.61. The van der Waals surface area contributed by atoms with Crippen LogP contribution in [0.1, 0.15) is 40.7 Å². The summed E-state index contributed by atoms with van der Waals surface area (Å²) in [6, 6.07) is 7.58. The lowest BCUT2D eigenvalue weighted by Crippen LogP contribution is -2.23. The number of anilines is 1. The van der Waals surface area contributed by atoms with Gasteiger partial charge >= 0.3 is 0 Å². The number of aryl methyl sites for hydroxylation is 1. The lowest BCUT2D eigenvalue weighted by atomic mass is 10.2. The van der Waals surface area contributed by atoms with Crippen LogP contribution in [0.15, 0.2) is 24.3 Å². The zero-order valence-corrected chi connectivity index (χ0v) is 15.2. The molecule has 1 aromatic carbocycles. The molecule has 2 aromatic rings. The molecular formula is C18H21N3O3S. The first kappa shape index (κ1) is 17.4. The number of ether oxygens (including phenoxy) is 1. The van der Waals surface area contributed by atoms with Crippen molar-refractivity contribution in [2.45, 2.75) is 32.7 Å². The minimum atomic E-state index is -0.157. The highest BCUT2D eigenvalue weighted by Crippen LogP contribution is 2.30. The minimum Gasteiger partial charge on any atom is -0.497 e. The van der Waals surface area contributed by atoms with E-state index in [2.05, 4.69) is 10.3 Å². The van der Waals surface area contributed by atoms with Crippen LogP contribution in [0, 0.1) is 0 Å². The number of hydrogen-bond acceptors (Lipinski definition) is 5. The van der Waals surface area contributed by atoms with Gasteiger partial charge in [-0.1, -0.05) is 30.4 Å². The highest BCUT2D eigenvalue weighted by molar-refractivity contribution is 7.17. The van der Waals surface area contributed by atoms with E-state index >= 15 is 0 Å². The number of nitrogens with one attached hydrogen (secondary N) is 1. The Labute approximate surface area is 150 Å². The van der Waals surface area contributed by atoms with E-state index in [4.69, 9.17) is 4.74 Å². The Morgan fingerprint density at radius 2 is 2.28 bits per heavy atom. The molecule has 2 amide bonds. The van der Waals surface area contributed by atoms with Crippen LogP contribution in [0.2, 0.25) is 0 Å². The molecule has 132 valence electrons. The molecule has 0 saturated carbocycles. The van der Waals surface area contributed by atoms with Crippen LogP contribution in [-0.2, 0) is 17.8 Å². The van der Waals surface area contributed by atoms with Crippen molar-refractivity contribution in [3.05, 3.63) is 40.4 Å². The summed E-state index contributed by atoms with van der Waals surface area (Å²) in [5, 5.41) is 3.56. The number of amides is 2. The van der Waals surface area contributed by atoms with Gasteiger partial charge in [-0.15, -0.1) is 0 Å². The molecule has 0 aliphatic carbocycles. The lowest BCUT2D eigenvalue weighted by molar-refractivity contribution is -0.117. The Balaban J connectivity index is 1.72. The molecule has 25 heavy (non-hydrogen) atoms. The third-order valence-electron chi connectivity index (χ3n) is 4.12. The standard InChI is InChI=1S/C18H21N3O3S/c1-3-14-16(25-18(20-14)21-9-5-8-15(21)22)17(23)19-11-12-6-4-7-13(10-12)24-2/h4,6-7,10H,3,5,8-9,11H2,1-2H3,(H,19,23). The van der Waals surface area contributed by atoms with E-state index in [0.29, 0.717) is 35.9 Å². The van der Waals surface area contributed by atoms with Crippen LogP contribution in [0.4, 0.5) is 5.13 Å². The Bertz CT molecular complexity index is 788. The van der Waals surface area contributed by atoms with Crippen LogP contribution in [-0.4, -0.2) is 30.5 Å². The molecule has 0 spiro atoms. The summed E-state index contributed by atoms with van der Waals surface area (Å²) in [5.74, 6) is 0.684. The number of carbonyl (C=O) groups is 2. The maximum absolute atomic E-state index is 12.6. The fourth-order valence-corrected chi connectivity index (χ4v) is 3.88. The molecule has 1 aliphatic heterocycles. The molecule has 6 nitrogen and oxygen atoms in total. The van der Waals surface area contributed by atoms with E-state index in [1.807, 2.05) is 31.2 Å². The maximum Gasteiger partial charge on any atom is 0.263 e. The number of thiazole rings is 1. The van der Waals surface area contributed by atoms with Crippen LogP contribution in [0.3, 0.4) is 0 Å². The fourth-order valence-electron chi connectivity index (χ4n) is 2.77. The number of carbonyl (C=O) groups excluding carboxylic acids is 2. The summed E-state index contributed by atoms with van der Waals surface area (Å²) >= 11 is 1.29. The van der Waals surface area contributed by atoms with Gasteiger partial charge in [0.25, 0.3) is 5.91 Å². The van der Waals surface area contributed by atoms with Crippen molar-refractivity contribution in [1.82, 2.24) is 10.3 Å². The first-order valence-electron chi connectivity index (χ1n) is 8.33. The van der Waals surface area contributed by atoms with E-state index in [1.54, 1.807) is 12.0 Å². The summed E-state index contributed by atoms with van der Waals surface area (Å²) in [6.07, 6.45) is 2.05. The molecular weight excluding hydrogens is 338 g/mol. The SMILES string of the molecule is CCc1nc(N2CCCC2=O)sc1C(=O)NCc1cccc(OC)c1. The molecule has 1 N–H and O–H groups in total. The largest absolute Gasteiger partial charge is 0.497 e. The zero-order chi connectivity index (χ0) is 17.8. The number of aromatic nitrogens is 1. The Morgan fingerprint density at radius 3 is 2.96 bits per heavy atom. The van der Waals surface area contributed by atoms with Gasteiger partial charge in [0.1, 0.15) is 10.6 Å². The van der Waals surface area contributed by atoms with Crippen molar-refractivity contribution >= 4 is 28.3 Å². The second-order valence-corrected chi connectivity index (χ2v) is 6.79. The number of hydrogen-bond donors (Lipinski definition) is 1. The van der Waals surface area contributed by atoms with Gasteiger partial charge in [-0.25, -0.2) is 4.98 Å². The number of rotatable bonds is 6. The predicted octanol–water partition coefficient (Wildman–Crippen LogP) is 2.77. The molecule has 0 bridgehead atoms. The summed E-state index contributed by atoms with van der Waals surface area (Å²) in [5.41, 5.74) is 1.70. The van der Waals surface area contributed by atoms with Gasteiger partial charge in [-0.3, -0.25) is 14.5 Å². The Hall–Kier alpha value is -2.41. The quantitative estimate of drug-likeness (QED) is 0.861. The third kappa shape index (κ3) is 3.82. The van der Waals surface area contributed by atoms with E-state index < -0.39 is 0 Å². The van der Waals surface area contributed by atoms with Crippen molar-refractivity contribution in [3.63, 3.8) is 0 Å². The van der Waals surface area contributed by atoms with Gasteiger partial charge in [0.05, 0.1) is 12.8 Å². The normalized spacial score (nSPS) is 14.0. The van der Waals surface area contributed by atoms with Gasteiger partial charge in [0.2, 0.25) is 5.91 Å². The Morgan fingerprint density at radius 1 is 1.44 bits per heavy atom. The first-order valence-corrected chi connectivity index (χ1v) is 9.15. The van der Waals surface area contributed by atoms with Gasteiger partial charge in [0, 0.05) is 19.5 Å². The minimum absolute atomic E-state index is 0.0831. The summed E-state index contributed by atoms with van der Waals surface area (Å²) in [4.78, 5) is 31.3. The van der Waals surface area contributed by atoms with Crippen LogP contribution < -0.4 is 15.0 Å². The van der Waals surface area contributed by atoms with Gasteiger partial charge in [0.15, 0.2) is 5.13 Å². The topological polar surface area (TPSA) is 71.5 Å². The molecule has 1 saturated heterocycles. The average Bonchev–Trinajstić information content (AvgIpc) is 3.25. The summed E-state index contributed by atoms with van der Waals surface area (Å²) < 4.78 is 5.20. The van der Waals surface area contributed by atoms with Crippen LogP contribution in [0.25, 0.3) is 0 Å². The van der Waals surface area contributed by atoms with Gasteiger partial charge < -0.3 is 10.1 Å².